The Labute approximate surface area is 153 Å². The average molecular weight is 356 g/mol. The number of benzene rings is 1. The highest BCUT2D eigenvalue weighted by Crippen LogP contribution is 2.30. The number of hydrogen-bond donors (Lipinski definition) is 1. The van der Waals surface area contributed by atoms with E-state index in [1.54, 1.807) is 35.1 Å². The number of hydrogen-bond acceptors (Lipinski definition) is 4. The minimum Gasteiger partial charge on any atom is -0.478 e. The first-order valence-electron chi connectivity index (χ1n) is 9.19. The summed E-state index contributed by atoms with van der Waals surface area (Å²) in [4.78, 5) is 4.56. The van der Waals surface area contributed by atoms with E-state index in [-0.39, 0.29) is 7.24 Å². The Morgan fingerprint density at radius 1 is 1.27 bits per heavy atom. The Kier molecular flexibility index (Phi) is 4.73. The largest absolute Gasteiger partial charge is 0.478 e. The maximum Gasteiger partial charge on any atom is 0.216 e. The minimum absolute atomic E-state index is 0. The number of nitrogens with zero attached hydrogens (tertiary/aromatic N) is 3. The lowest BCUT2D eigenvalue weighted by molar-refractivity contribution is 0.270. The van der Waals surface area contributed by atoms with E-state index in [0.29, 0.717) is 29.3 Å². The van der Waals surface area contributed by atoms with Crippen LogP contribution in [0.5, 0.6) is 5.88 Å². The summed E-state index contributed by atoms with van der Waals surface area (Å²) in [7, 11) is 1.81. The summed E-state index contributed by atoms with van der Waals surface area (Å²) in [5.41, 5.74) is 2.56. The van der Waals surface area contributed by atoms with Crippen LogP contribution in [0.2, 0.25) is 0 Å². The Morgan fingerprint density at radius 3 is 2.92 bits per heavy atom. The molecular formula is C20H25FN4O. The van der Waals surface area contributed by atoms with Gasteiger partial charge in [-0.1, -0.05) is 25.7 Å². The molecule has 138 valence electrons. The normalized spacial score (nSPS) is 14.8. The third kappa shape index (κ3) is 3.36. The van der Waals surface area contributed by atoms with Crippen molar-refractivity contribution in [2.45, 2.75) is 32.1 Å². The molecule has 0 aliphatic heterocycles. The SMILES string of the molecule is CNc1ccc(F)c(-c2cnn3ccc(OCCC4CCCC4)nc23)c1.[HH]. The monoisotopic (exact) mass is 356 g/mol. The molecule has 1 aliphatic rings. The van der Waals surface area contributed by atoms with Crippen molar-refractivity contribution < 1.29 is 10.6 Å². The van der Waals surface area contributed by atoms with Crippen molar-refractivity contribution in [3.05, 3.63) is 42.5 Å². The van der Waals surface area contributed by atoms with Crippen LogP contribution in [0.3, 0.4) is 0 Å². The van der Waals surface area contributed by atoms with Crippen LogP contribution in [-0.2, 0) is 0 Å². The molecule has 3 aromatic rings. The van der Waals surface area contributed by atoms with Crippen molar-refractivity contribution in [2.75, 3.05) is 19.0 Å². The molecule has 2 aromatic heterocycles. The second-order valence-corrected chi connectivity index (χ2v) is 6.82. The molecule has 0 atom stereocenters. The van der Waals surface area contributed by atoms with Crippen LogP contribution in [0.15, 0.2) is 36.7 Å². The molecule has 4 rings (SSSR count). The summed E-state index contributed by atoms with van der Waals surface area (Å²) >= 11 is 0. The van der Waals surface area contributed by atoms with Crippen LogP contribution >= 0.6 is 0 Å². The minimum atomic E-state index is -0.298. The van der Waals surface area contributed by atoms with Gasteiger partial charge in [0.2, 0.25) is 5.88 Å². The fraction of sp³-hybridized carbons (Fsp3) is 0.400. The molecule has 1 N–H and O–H groups in total. The summed E-state index contributed by atoms with van der Waals surface area (Å²) < 4.78 is 21.8. The predicted molar refractivity (Wildman–Crippen MR) is 102 cm³/mol. The van der Waals surface area contributed by atoms with E-state index >= 15 is 0 Å². The number of ether oxygens (including phenoxy) is 1. The van der Waals surface area contributed by atoms with Gasteiger partial charge in [-0.2, -0.15) is 10.1 Å². The number of aromatic nitrogens is 3. The third-order valence-corrected chi connectivity index (χ3v) is 5.14. The van der Waals surface area contributed by atoms with Crippen LogP contribution < -0.4 is 10.1 Å². The van der Waals surface area contributed by atoms with Crippen molar-refractivity contribution >= 4 is 11.3 Å². The van der Waals surface area contributed by atoms with Gasteiger partial charge in [-0.05, 0) is 30.5 Å². The van der Waals surface area contributed by atoms with E-state index in [4.69, 9.17) is 4.74 Å². The average Bonchev–Trinajstić information content (AvgIpc) is 3.32. The van der Waals surface area contributed by atoms with Gasteiger partial charge >= 0.3 is 0 Å². The second kappa shape index (κ2) is 7.32. The summed E-state index contributed by atoms with van der Waals surface area (Å²) in [5, 5.41) is 7.32. The first kappa shape index (κ1) is 16.8. The van der Waals surface area contributed by atoms with Crippen LogP contribution in [-0.4, -0.2) is 28.3 Å². The zero-order chi connectivity index (χ0) is 17.9. The van der Waals surface area contributed by atoms with Crippen molar-refractivity contribution in [1.29, 1.82) is 0 Å². The summed E-state index contributed by atoms with van der Waals surface area (Å²) in [6.45, 7) is 0.668. The Balaban J connectivity index is 0.00000210. The van der Waals surface area contributed by atoms with Gasteiger partial charge < -0.3 is 10.1 Å². The highest BCUT2D eigenvalue weighted by Gasteiger charge is 2.16. The number of halogens is 1. The first-order chi connectivity index (χ1) is 12.7. The molecule has 26 heavy (non-hydrogen) atoms. The molecule has 0 bridgehead atoms. The molecule has 6 heteroatoms. The second-order valence-electron chi connectivity index (χ2n) is 6.82. The van der Waals surface area contributed by atoms with E-state index in [2.05, 4.69) is 15.4 Å². The van der Waals surface area contributed by atoms with Gasteiger partial charge in [0.05, 0.1) is 12.8 Å². The van der Waals surface area contributed by atoms with Crippen molar-refractivity contribution in [3.63, 3.8) is 0 Å². The van der Waals surface area contributed by atoms with Gasteiger partial charge in [0.25, 0.3) is 0 Å². The maximum atomic E-state index is 14.3. The van der Waals surface area contributed by atoms with E-state index in [1.807, 2.05) is 7.05 Å². The molecule has 2 heterocycles. The van der Waals surface area contributed by atoms with Crippen LogP contribution in [0.1, 0.15) is 33.5 Å². The van der Waals surface area contributed by atoms with E-state index < -0.39 is 0 Å². The quantitative estimate of drug-likeness (QED) is 0.690. The molecule has 0 radical (unpaired) electrons. The Bertz CT molecular complexity index is 908. The van der Waals surface area contributed by atoms with Crippen molar-refractivity contribution in [3.8, 4) is 17.0 Å². The third-order valence-electron chi connectivity index (χ3n) is 5.14. The molecule has 5 nitrogen and oxygen atoms in total. The van der Waals surface area contributed by atoms with Gasteiger partial charge in [-0.25, -0.2) is 8.91 Å². The lowest BCUT2D eigenvalue weighted by Crippen LogP contribution is -2.05. The van der Waals surface area contributed by atoms with Crippen LogP contribution in [0, 0.1) is 11.7 Å². The zero-order valence-corrected chi connectivity index (χ0v) is 14.9. The Hall–Kier alpha value is -2.63. The topological polar surface area (TPSA) is 51.5 Å². The number of rotatable bonds is 6. The summed E-state index contributed by atoms with van der Waals surface area (Å²) in [5.74, 6) is 1.04. The standard InChI is InChI=1S/C20H23FN4O.H2/c1-22-15-6-7-18(21)16(12-15)17-13-23-25-10-8-19(24-20(17)25)26-11-9-14-4-2-3-5-14;/h6-8,10,12-14,22H,2-5,9,11H2,1H3;1H. The van der Waals surface area contributed by atoms with Gasteiger partial charge in [0.1, 0.15) is 5.82 Å². The maximum absolute atomic E-state index is 14.3. The number of fused-ring (bicyclic) bond motifs is 1. The molecule has 0 spiro atoms. The summed E-state index contributed by atoms with van der Waals surface area (Å²) in [6, 6.07) is 6.72. The van der Waals surface area contributed by atoms with E-state index in [1.165, 1.54) is 31.7 Å². The van der Waals surface area contributed by atoms with Gasteiger partial charge in [0.15, 0.2) is 5.65 Å². The first-order valence-corrected chi connectivity index (χ1v) is 9.19. The van der Waals surface area contributed by atoms with Gasteiger partial charge in [0, 0.05) is 37.6 Å². The van der Waals surface area contributed by atoms with Crippen LogP contribution in [0.25, 0.3) is 16.8 Å². The highest BCUT2D eigenvalue weighted by atomic mass is 19.1. The van der Waals surface area contributed by atoms with Crippen molar-refractivity contribution in [1.82, 2.24) is 14.6 Å². The highest BCUT2D eigenvalue weighted by molar-refractivity contribution is 5.79. The molecule has 1 aliphatic carbocycles. The molecule has 1 fully saturated rings. The fourth-order valence-corrected chi connectivity index (χ4v) is 3.64. The van der Waals surface area contributed by atoms with E-state index in [9.17, 15) is 4.39 Å². The lowest BCUT2D eigenvalue weighted by Gasteiger charge is -2.10. The van der Waals surface area contributed by atoms with E-state index in [0.717, 1.165) is 18.0 Å². The van der Waals surface area contributed by atoms with Gasteiger partial charge in [-0.3, -0.25) is 0 Å². The molecule has 0 amide bonds. The molecule has 0 saturated heterocycles. The smallest absolute Gasteiger partial charge is 0.216 e. The molecule has 0 unspecified atom stereocenters. The van der Waals surface area contributed by atoms with Gasteiger partial charge in [-0.15, -0.1) is 0 Å². The molecular weight excluding hydrogens is 331 g/mol. The number of anilines is 1. The van der Waals surface area contributed by atoms with Crippen molar-refractivity contribution in [2.24, 2.45) is 5.92 Å². The molecule has 1 aromatic carbocycles. The summed E-state index contributed by atoms with van der Waals surface area (Å²) in [6.07, 6.45) is 9.81. The Morgan fingerprint density at radius 2 is 2.12 bits per heavy atom. The van der Waals surface area contributed by atoms with Crippen LogP contribution in [0.4, 0.5) is 10.1 Å². The lowest BCUT2D eigenvalue weighted by atomic mass is 10.1. The molecule has 1 saturated carbocycles. The fourth-order valence-electron chi connectivity index (χ4n) is 3.64. The number of nitrogens with one attached hydrogen (secondary N) is 1. The predicted octanol–water partition coefficient (Wildman–Crippen LogP) is 4.78. The zero-order valence-electron chi connectivity index (χ0n) is 14.9.